The molecule has 7 heteroatoms. The van der Waals surface area contributed by atoms with Crippen LogP contribution in [0.5, 0.6) is 0 Å². The molecule has 1 unspecified atom stereocenters. The molecule has 3 N–H and O–H groups in total. The fourth-order valence-corrected chi connectivity index (χ4v) is 4.46. The maximum atomic E-state index is 11.5. The van der Waals surface area contributed by atoms with Gasteiger partial charge in [-0.15, -0.1) is 0 Å². The Kier molecular flexibility index (Phi) is 3.96. The summed E-state index contributed by atoms with van der Waals surface area (Å²) in [6.07, 6.45) is 0.572. The zero-order valence-electron chi connectivity index (χ0n) is 10.6. The molecular formula is C12H17N3O2S2. The first-order chi connectivity index (χ1) is 8.89. The SMILES string of the molecule is CC1(NC(=S)NNc2ccccc2)CCS(=O)(=O)C1. The number of hydrazine groups is 1. The molecule has 104 valence electrons. The first-order valence-corrected chi connectivity index (χ1v) is 8.21. The van der Waals surface area contributed by atoms with Gasteiger partial charge < -0.3 is 5.32 Å². The number of para-hydroxylation sites is 1. The van der Waals surface area contributed by atoms with Gasteiger partial charge in [-0.1, -0.05) is 18.2 Å². The number of anilines is 1. The minimum Gasteiger partial charge on any atom is -0.355 e. The van der Waals surface area contributed by atoms with Crippen LogP contribution in [0.4, 0.5) is 5.69 Å². The highest BCUT2D eigenvalue weighted by atomic mass is 32.2. The first-order valence-electron chi connectivity index (χ1n) is 5.98. The van der Waals surface area contributed by atoms with E-state index in [2.05, 4.69) is 16.2 Å². The fourth-order valence-electron chi connectivity index (χ4n) is 2.06. The van der Waals surface area contributed by atoms with Crippen LogP contribution >= 0.6 is 12.2 Å². The molecule has 2 rings (SSSR count). The molecule has 0 aromatic heterocycles. The number of benzene rings is 1. The topological polar surface area (TPSA) is 70.2 Å². The van der Waals surface area contributed by atoms with Crippen molar-refractivity contribution in [2.24, 2.45) is 0 Å². The maximum Gasteiger partial charge on any atom is 0.185 e. The molecular weight excluding hydrogens is 282 g/mol. The zero-order chi connectivity index (χ0) is 13.9. The number of rotatable bonds is 3. The molecule has 0 spiro atoms. The largest absolute Gasteiger partial charge is 0.355 e. The Morgan fingerprint density at radius 3 is 2.58 bits per heavy atom. The Balaban J connectivity index is 1.85. The standard InChI is InChI=1S/C12H17N3O2S2/c1-12(7-8-19(16,17)9-12)13-11(18)15-14-10-5-3-2-4-6-10/h2-6,14H,7-9H2,1H3,(H2,13,15,18). The Hall–Kier alpha value is -1.34. The molecule has 5 nitrogen and oxygen atoms in total. The van der Waals surface area contributed by atoms with Crippen LogP contribution in [0.2, 0.25) is 0 Å². The van der Waals surface area contributed by atoms with E-state index < -0.39 is 15.4 Å². The molecule has 19 heavy (non-hydrogen) atoms. The molecule has 1 aliphatic rings. The molecule has 0 radical (unpaired) electrons. The van der Waals surface area contributed by atoms with Crippen molar-refractivity contribution in [3.63, 3.8) is 0 Å². The van der Waals surface area contributed by atoms with Crippen LogP contribution in [0.25, 0.3) is 0 Å². The third-order valence-corrected chi connectivity index (χ3v) is 5.12. The summed E-state index contributed by atoms with van der Waals surface area (Å²) in [6.45, 7) is 1.87. The quantitative estimate of drug-likeness (QED) is 0.573. The first kappa shape index (κ1) is 14.1. The third kappa shape index (κ3) is 4.07. The number of nitrogens with one attached hydrogen (secondary N) is 3. The lowest BCUT2D eigenvalue weighted by Crippen LogP contribution is -2.52. The van der Waals surface area contributed by atoms with Crippen LogP contribution in [0.15, 0.2) is 30.3 Å². The van der Waals surface area contributed by atoms with Gasteiger partial charge in [0.1, 0.15) is 0 Å². The molecule has 0 amide bonds. The van der Waals surface area contributed by atoms with E-state index in [0.29, 0.717) is 11.5 Å². The molecule has 0 bridgehead atoms. The summed E-state index contributed by atoms with van der Waals surface area (Å²) >= 11 is 5.16. The summed E-state index contributed by atoms with van der Waals surface area (Å²) in [5.41, 5.74) is 6.21. The van der Waals surface area contributed by atoms with Gasteiger partial charge in [-0.25, -0.2) is 8.42 Å². The Morgan fingerprint density at radius 1 is 1.32 bits per heavy atom. The molecule has 1 fully saturated rings. The van der Waals surface area contributed by atoms with Crippen molar-refractivity contribution in [1.82, 2.24) is 10.7 Å². The van der Waals surface area contributed by atoms with Crippen molar-refractivity contribution in [3.8, 4) is 0 Å². The lowest BCUT2D eigenvalue weighted by Gasteiger charge is -2.26. The van der Waals surface area contributed by atoms with E-state index in [1.54, 1.807) is 0 Å². The van der Waals surface area contributed by atoms with Crippen molar-refractivity contribution in [1.29, 1.82) is 0 Å². The van der Waals surface area contributed by atoms with E-state index in [0.717, 1.165) is 5.69 Å². The third-order valence-electron chi connectivity index (χ3n) is 3.01. The van der Waals surface area contributed by atoms with Crippen LogP contribution in [0, 0.1) is 0 Å². The molecule has 1 aliphatic heterocycles. The lowest BCUT2D eigenvalue weighted by atomic mass is 10.0. The monoisotopic (exact) mass is 299 g/mol. The van der Waals surface area contributed by atoms with Crippen molar-refractivity contribution >= 4 is 32.9 Å². The van der Waals surface area contributed by atoms with Crippen molar-refractivity contribution in [2.75, 3.05) is 16.9 Å². The van der Waals surface area contributed by atoms with E-state index >= 15 is 0 Å². The zero-order valence-corrected chi connectivity index (χ0v) is 12.3. The number of hydrogen-bond donors (Lipinski definition) is 3. The summed E-state index contributed by atoms with van der Waals surface area (Å²) in [7, 11) is -2.94. The van der Waals surface area contributed by atoms with Crippen molar-refractivity contribution < 1.29 is 8.42 Å². The second kappa shape index (κ2) is 5.34. The Labute approximate surface area is 118 Å². The van der Waals surface area contributed by atoms with Crippen molar-refractivity contribution in [2.45, 2.75) is 18.9 Å². The summed E-state index contributed by atoms with van der Waals surface area (Å²) in [5.74, 6) is 0.332. The number of hydrogen-bond acceptors (Lipinski definition) is 4. The molecule has 1 heterocycles. The average molecular weight is 299 g/mol. The highest BCUT2D eigenvalue weighted by molar-refractivity contribution is 7.91. The predicted octanol–water partition coefficient (Wildman–Crippen LogP) is 1.05. The number of sulfone groups is 1. The second-order valence-corrected chi connectivity index (χ2v) is 7.57. The molecule has 0 saturated carbocycles. The van der Waals surface area contributed by atoms with E-state index in [1.807, 2.05) is 37.3 Å². The summed E-state index contributed by atoms with van der Waals surface area (Å²) in [5, 5.41) is 3.45. The van der Waals surface area contributed by atoms with Gasteiger partial charge in [0.2, 0.25) is 0 Å². The van der Waals surface area contributed by atoms with Gasteiger partial charge in [0.05, 0.1) is 22.7 Å². The summed E-state index contributed by atoms with van der Waals surface area (Å²) in [4.78, 5) is 0. The van der Waals surface area contributed by atoms with E-state index in [1.165, 1.54) is 0 Å². The highest BCUT2D eigenvalue weighted by Crippen LogP contribution is 2.22. The van der Waals surface area contributed by atoms with E-state index in [-0.39, 0.29) is 11.5 Å². The highest BCUT2D eigenvalue weighted by Gasteiger charge is 2.38. The van der Waals surface area contributed by atoms with Crippen LogP contribution in [-0.4, -0.2) is 30.6 Å². The van der Waals surface area contributed by atoms with Gasteiger partial charge in [-0.3, -0.25) is 10.9 Å². The molecule has 1 saturated heterocycles. The van der Waals surface area contributed by atoms with Gasteiger partial charge in [0.25, 0.3) is 0 Å². The van der Waals surface area contributed by atoms with E-state index in [4.69, 9.17) is 12.2 Å². The smallest absolute Gasteiger partial charge is 0.185 e. The normalized spacial score (nSPS) is 24.7. The van der Waals surface area contributed by atoms with Crippen LogP contribution in [0.3, 0.4) is 0 Å². The molecule has 0 aliphatic carbocycles. The number of thiocarbonyl (C=S) groups is 1. The lowest BCUT2D eigenvalue weighted by molar-refractivity contribution is 0.470. The Morgan fingerprint density at radius 2 is 2.00 bits per heavy atom. The fraction of sp³-hybridized carbons (Fsp3) is 0.417. The molecule has 1 atom stereocenters. The minimum absolute atomic E-state index is 0.118. The van der Waals surface area contributed by atoms with Crippen molar-refractivity contribution in [3.05, 3.63) is 30.3 Å². The minimum atomic E-state index is -2.94. The van der Waals surface area contributed by atoms with E-state index in [9.17, 15) is 8.42 Å². The Bertz CT molecular complexity index is 560. The van der Waals surface area contributed by atoms with Crippen LogP contribution < -0.4 is 16.2 Å². The summed E-state index contributed by atoms with van der Waals surface area (Å²) < 4.78 is 23.0. The van der Waals surface area contributed by atoms with Gasteiger partial charge in [0.15, 0.2) is 14.9 Å². The maximum absolute atomic E-state index is 11.5. The van der Waals surface area contributed by atoms with Gasteiger partial charge in [0, 0.05) is 0 Å². The van der Waals surface area contributed by atoms with Gasteiger partial charge in [-0.05, 0) is 37.7 Å². The van der Waals surface area contributed by atoms with Crippen LogP contribution in [0.1, 0.15) is 13.3 Å². The van der Waals surface area contributed by atoms with Crippen LogP contribution in [-0.2, 0) is 9.84 Å². The second-order valence-electron chi connectivity index (χ2n) is 4.97. The molecule has 1 aromatic carbocycles. The molecule has 1 aromatic rings. The summed E-state index contributed by atoms with van der Waals surface area (Å²) in [6, 6.07) is 9.54. The van der Waals surface area contributed by atoms with Gasteiger partial charge >= 0.3 is 0 Å². The predicted molar refractivity (Wildman–Crippen MR) is 80.6 cm³/mol. The average Bonchev–Trinajstić information content (AvgIpc) is 2.62. The van der Waals surface area contributed by atoms with Gasteiger partial charge in [-0.2, -0.15) is 0 Å².